The van der Waals surface area contributed by atoms with Gasteiger partial charge in [0, 0.05) is 11.0 Å². The van der Waals surface area contributed by atoms with Gasteiger partial charge in [0.15, 0.2) is 5.78 Å². The first-order valence-corrected chi connectivity index (χ1v) is 7.39. The van der Waals surface area contributed by atoms with Gasteiger partial charge in [-0.1, -0.05) is 27.2 Å². The van der Waals surface area contributed by atoms with Crippen LogP contribution in [0.5, 0.6) is 0 Å². The molecule has 2 bridgehead atoms. The van der Waals surface area contributed by atoms with Gasteiger partial charge in [-0.2, -0.15) is 0 Å². The summed E-state index contributed by atoms with van der Waals surface area (Å²) < 4.78 is 0. The molecule has 2 aliphatic rings. The average molecular weight is 251 g/mol. The monoisotopic (exact) mass is 251 g/mol. The summed E-state index contributed by atoms with van der Waals surface area (Å²) in [7, 11) is 0. The largest absolute Gasteiger partial charge is 0.300 e. The van der Waals surface area contributed by atoms with Crippen molar-refractivity contribution >= 4 is 5.78 Å². The number of nitrogens with one attached hydrogen (secondary N) is 1. The van der Waals surface area contributed by atoms with Crippen LogP contribution in [0.3, 0.4) is 0 Å². The number of hydrogen-bond donors (Lipinski definition) is 1. The first-order chi connectivity index (χ1) is 8.05. The summed E-state index contributed by atoms with van der Waals surface area (Å²) in [6.45, 7) is 12.7. The van der Waals surface area contributed by atoms with Gasteiger partial charge in [-0.15, -0.1) is 0 Å². The number of ketones is 1. The predicted molar refractivity (Wildman–Crippen MR) is 75.5 cm³/mol. The van der Waals surface area contributed by atoms with E-state index in [2.05, 4.69) is 46.9 Å². The standard InChI is InChI=1S/C16H29NO/c1-14(2,3)13(18)16(17-15(4,5)6)10-11-7-8-12(16)9-11/h11-12,17H,7-10H2,1-6H3/t11-,12+,16?/m1/s1. The van der Waals surface area contributed by atoms with Crippen LogP contribution in [0.15, 0.2) is 0 Å². The maximum atomic E-state index is 13.0. The highest BCUT2D eigenvalue weighted by atomic mass is 16.1. The molecule has 0 aromatic carbocycles. The Morgan fingerprint density at radius 2 is 1.72 bits per heavy atom. The van der Waals surface area contributed by atoms with Crippen molar-refractivity contribution in [3.8, 4) is 0 Å². The predicted octanol–water partition coefficient (Wildman–Crippen LogP) is 3.55. The molecule has 0 saturated heterocycles. The van der Waals surface area contributed by atoms with E-state index in [1.807, 2.05) is 0 Å². The molecule has 0 aromatic heterocycles. The highest BCUT2D eigenvalue weighted by molar-refractivity contribution is 5.93. The lowest BCUT2D eigenvalue weighted by Crippen LogP contribution is -2.64. The molecule has 104 valence electrons. The molecule has 2 rings (SSSR count). The van der Waals surface area contributed by atoms with Crippen molar-refractivity contribution in [3.05, 3.63) is 0 Å². The van der Waals surface area contributed by atoms with Crippen LogP contribution < -0.4 is 5.32 Å². The van der Waals surface area contributed by atoms with E-state index in [1.54, 1.807) is 0 Å². The Balaban J connectivity index is 2.33. The molecular weight excluding hydrogens is 222 g/mol. The second-order valence-electron chi connectivity index (χ2n) is 8.51. The summed E-state index contributed by atoms with van der Waals surface area (Å²) in [5, 5.41) is 3.72. The van der Waals surface area contributed by atoms with Crippen molar-refractivity contribution in [2.24, 2.45) is 17.3 Å². The Bertz CT molecular complexity index is 347. The second-order valence-corrected chi connectivity index (χ2v) is 8.51. The molecular formula is C16H29NO. The third kappa shape index (κ3) is 2.36. The first-order valence-electron chi connectivity index (χ1n) is 7.39. The Hall–Kier alpha value is -0.370. The van der Waals surface area contributed by atoms with Crippen LogP contribution in [0.25, 0.3) is 0 Å². The fourth-order valence-electron chi connectivity index (χ4n) is 4.16. The smallest absolute Gasteiger partial charge is 0.158 e. The summed E-state index contributed by atoms with van der Waals surface area (Å²) in [6.07, 6.45) is 4.88. The van der Waals surface area contributed by atoms with Crippen LogP contribution in [0.1, 0.15) is 67.2 Å². The fourth-order valence-corrected chi connectivity index (χ4v) is 4.16. The topological polar surface area (TPSA) is 29.1 Å². The SMILES string of the molecule is CC(C)(C)NC1(C(=O)C(C)(C)C)C[C@@H]2CC[C@H]1C2. The molecule has 3 atom stereocenters. The molecule has 2 fully saturated rings. The highest BCUT2D eigenvalue weighted by Gasteiger charge is 2.58. The summed E-state index contributed by atoms with van der Waals surface area (Å²) in [5.74, 6) is 1.77. The summed E-state index contributed by atoms with van der Waals surface area (Å²) in [5.41, 5.74) is -0.493. The molecule has 2 heteroatoms. The number of fused-ring (bicyclic) bond motifs is 2. The Labute approximate surface area is 112 Å². The van der Waals surface area contributed by atoms with Crippen LogP contribution in [-0.2, 0) is 4.79 Å². The quantitative estimate of drug-likeness (QED) is 0.813. The van der Waals surface area contributed by atoms with Gasteiger partial charge in [0.1, 0.15) is 0 Å². The van der Waals surface area contributed by atoms with Crippen molar-refractivity contribution in [2.75, 3.05) is 0 Å². The molecule has 2 aliphatic carbocycles. The van der Waals surface area contributed by atoms with Crippen LogP contribution >= 0.6 is 0 Å². The molecule has 0 heterocycles. The maximum absolute atomic E-state index is 13.0. The summed E-state index contributed by atoms with van der Waals surface area (Å²) in [4.78, 5) is 13.0. The van der Waals surface area contributed by atoms with Gasteiger partial charge in [-0.3, -0.25) is 10.1 Å². The zero-order chi connectivity index (χ0) is 13.8. The van der Waals surface area contributed by atoms with Crippen LogP contribution in [0.4, 0.5) is 0 Å². The third-order valence-electron chi connectivity index (χ3n) is 4.53. The normalized spacial score (nSPS) is 36.1. The Morgan fingerprint density at radius 3 is 2.06 bits per heavy atom. The van der Waals surface area contributed by atoms with Gasteiger partial charge in [0.25, 0.3) is 0 Å². The number of carbonyl (C=O) groups is 1. The van der Waals surface area contributed by atoms with Crippen LogP contribution in [0.2, 0.25) is 0 Å². The third-order valence-corrected chi connectivity index (χ3v) is 4.53. The molecule has 2 saturated carbocycles. The summed E-state index contributed by atoms with van der Waals surface area (Å²) in [6, 6.07) is 0. The zero-order valence-corrected chi connectivity index (χ0v) is 12.9. The lowest BCUT2D eigenvalue weighted by atomic mass is 9.69. The van der Waals surface area contributed by atoms with E-state index in [-0.39, 0.29) is 16.5 Å². The van der Waals surface area contributed by atoms with E-state index < -0.39 is 0 Å². The molecule has 0 radical (unpaired) electrons. The number of hydrogen-bond acceptors (Lipinski definition) is 2. The maximum Gasteiger partial charge on any atom is 0.158 e. The first kappa shape index (κ1) is 14.0. The zero-order valence-electron chi connectivity index (χ0n) is 12.9. The van der Waals surface area contributed by atoms with Crippen molar-refractivity contribution in [3.63, 3.8) is 0 Å². The number of carbonyl (C=O) groups excluding carboxylic acids is 1. The molecule has 1 unspecified atom stereocenters. The van der Waals surface area contributed by atoms with Crippen molar-refractivity contribution in [2.45, 2.75) is 78.3 Å². The van der Waals surface area contributed by atoms with E-state index in [9.17, 15) is 4.79 Å². The molecule has 0 aromatic rings. The van der Waals surface area contributed by atoms with E-state index in [1.165, 1.54) is 19.3 Å². The minimum atomic E-state index is -0.251. The lowest BCUT2D eigenvalue weighted by Gasteiger charge is -2.45. The Morgan fingerprint density at radius 1 is 1.11 bits per heavy atom. The van der Waals surface area contributed by atoms with Gasteiger partial charge in [-0.25, -0.2) is 0 Å². The molecule has 0 amide bonds. The number of Topliss-reactive ketones (excluding diaryl/α,β-unsaturated/α-hetero) is 1. The van der Waals surface area contributed by atoms with Crippen LogP contribution in [0, 0.1) is 17.3 Å². The summed E-state index contributed by atoms with van der Waals surface area (Å²) >= 11 is 0. The van der Waals surface area contributed by atoms with Gasteiger partial charge in [0.2, 0.25) is 0 Å². The molecule has 1 N–H and O–H groups in total. The second kappa shape index (κ2) is 4.06. The number of rotatable bonds is 2. The highest BCUT2D eigenvalue weighted by Crippen LogP contribution is 2.53. The van der Waals surface area contributed by atoms with Gasteiger partial charge >= 0.3 is 0 Å². The van der Waals surface area contributed by atoms with E-state index in [0.717, 1.165) is 12.3 Å². The Kier molecular flexibility index (Phi) is 3.17. The van der Waals surface area contributed by atoms with Crippen LogP contribution in [-0.4, -0.2) is 16.9 Å². The van der Waals surface area contributed by atoms with Crippen molar-refractivity contribution in [1.29, 1.82) is 0 Å². The van der Waals surface area contributed by atoms with Gasteiger partial charge in [-0.05, 0) is 51.9 Å². The fraction of sp³-hybridized carbons (Fsp3) is 0.938. The van der Waals surface area contributed by atoms with Gasteiger partial charge in [0.05, 0.1) is 5.54 Å². The average Bonchev–Trinajstić information content (AvgIpc) is 2.72. The van der Waals surface area contributed by atoms with Crippen molar-refractivity contribution in [1.82, 2.24) is 5.32 Å². The van der Waals surface area contributed by atoms with E-state index in [4.69, 9.17) is 0 Å². The molecule has 18 heavy (non-hydrogen) atoms. The minimum Gasteiger partial charge on any atom is -0.300 e. The van der Waals surface area contributed by atoms with E-state index >= 15 is 0 Å². The molecule has 0 spiro atoms. The minimum absolute atomic E-state index is 0.00535. The molecule has 2 nitrogen and oxygen atoms in total. The lowest BCUT2D eigenvalue weighted by molar-refractivity contribution is -0.136. The van der Waals surface area contributed by atoms with Crippen molar-refractivity contribution < 1.29 is 4.79 Å². The van der Waals surface area contributed by atoms with E-state index in [0.29, 0.717) is 11.7 Å². The van der Waals surface area contributed by atoms with Gasteiger partial charge < -0.3 is 0 Å². The molecule has 0 aliphatic heterocycles.